The highest BCUT2D eigenvalue weighted by Gasteiger charge is 2.42. The zero-order valence-electron chi connectivity index (χ0n) is 16.4. The molecule has 1 unspecified atom stereocenters. The fraction of sp³-hybridized carbons (Fsp3) is 0.238. The van der Waals surface area contributed by atoms with Gasteiger partial charge in [-0.2, -0.15) is 0 Å². The van der Waals surface area contributed by atoms with E-state index in [1.165, 1.54) is 6.07 Å². The molecule has 0 aliphatic carbocycles. The predicted molar refractivity (Wildman–Crippen MR) is 113 cm³/mol. The van der Waals surface area contributed by atoms with Gasteiger partial charge in [-0.3, -0.25) is 14.4 Å². The Balaban J connectivity index is 1.76. The maximum Gasteiger partial charge on any atom is 0.337 e. The summed E-state index contributed by atoms with van der Waals surface area (Å²) in [7, 11) is 0. The van der Waals surface area contributed by atoms with E-state index >= 15 is 0 Å². The van der Waals surface area contributed by atoms with E-state index in [-0.39, 0.29) is 17.7 Å². The molecule has 1 fully saturated rings. The van der Waals surface area contributed by atoms with Crippen molar-refractivity contribution in [2.75, 3.05) is 16.8 Å². The summed E-state index contributed by atoms with van der Waals surface area (Å²) < 4.78 is 5.50. The van der Waals surface area contributed by atoms with Gasteiger partial charge in [-0.05, 0) is 55.4 Å². The molecule has 30 heavy (non-hydrogen) atoms. The van der Waals surface area contributed by atoms with Crippen LogP contribution in [0.1, 0.15) is 29.3 Å². The third-order valence-corrected chi connectivity index (χ3v) is 5.41. The van der Waals surface area contributed by atoms with E-state index < -0.39 is 28.3 Å². The molecule has 0 spiro atoms. The minimum atomic E-state index is -1.18. The predicted octanol–water partition coefficient (Wildman–Crippen LogP) is 3.69. The quantitative estimate of drug-likeness (QED) is 0.691. The Morgan fingerprint density at radius 3 is 2.63 bits per heavy atom. The Morgan fingerprint density at radius 2 is 1.93 bits per heavy atom. The third kappa shape index (κ3) is 4.46. The van der Waals surface area contributed by atoms with E-state index in [1.807, 2.05) is 0 Å². The van der Waals surface area contributed by atoms with Gasteiger partial charge in [-0.15, -0.1) is 0 Å². The van der Waals surface area contributed by atoms with Crippen LogP contribution < -0.4 is 15.0 Å². The number of carbonyl (C=O) groups is 4. The molecule has 1 saturated heterocycles. The fourth-order valence-electron chi connectivity index (χ4n) is 3.04. The molecule has 156 valence electrons. The average molecular weight is 428 g/mol. The average Bonchev–Trinajstić information content (AvgIpc) is 2.95. The largest absolute Gasteiger partial charge is 0.492 e. The number of rotatable bonds is 7. The number of thioether (sulfide) groups is 1. The zero-order chi connectivity index (χ0) is 21.8. The lowest BCUT2D eigenvalue weighted by Gasteiger charge is -2.17. The normalized spacial score (nSPS) is 15.9. The molecular formula is C21H20N2O6S. The van der Waals surface area contributed by atoms with E-state index in [0.29, 0.717) is 18.0 Å². The molecule has 2 aromatic rings. The highest BCUT2D eigenvalue weighted by Crippen LogP contribution is 2.38. The van der Waals surface area contributed by atoms with Gasteiger partial charge in [0.05, 0.1) is 23.5 Å². The van der Waals surface area contributed by atoms with E-state index in [0.717, 1.165) is 22.2 Å². The molecule has 1 aliphatic heterocycles. The minimum absolute atomic E-state index is 0.0531. The molecule has 2 aromatic carbocycles. The maximum absolute atomic E-state index is 12.8. The minimum Gasteiger partial charge on any atom is -0.492 e. The van der Waals surface area contributed by atoms with Gasteiger partial charge in [0.15, 0.2) is 0 Å². The lowest BCUT2D eigenvalue weighted by molar-refractivity contribution is -0.121. The van der Waals surface area contributed by atoms with Gasteiger partial charge in [0.1, 0.15) is 11.0 Å². The first kappa shape index (κ1) is 21.4. The van der Waals surface area contributed by atoms with Crippen molar-refractivity contribution in [3.05, 3.63) is 53.6 Å². The number of carboxylic acids is 1. The van der Waals surface area contributed by atoms with Crippen LogP contribution in [0.5, 0.6) is 5.75 Å². The van der Waals surface area contributed by atoms with Crippen molar-refractivity contribution >= 4 is 46.2 Å². The third-order valence-electron chi connectivity index (χ3n) is 4.38. The molecule has 0 aromatic heterocycles. The number of amides is 3. The summed E-state index contributed by atoms with van der Waals surface area (Å²) in [5, 5.41) is 10.4. The molecule has 9 heteroatoms. The highest BCUT2D eigenvalue weighted by molar-refractivity contribution is 8.15. The Kier molecular flexibility index (Phi) is 6.41. The Labute approximate surface area is 177 Å². The number of nitrogens with zero attached hydrogens (tertiary/aromatic N) is 1. The summed E-state index contributed by atoms with van der Waals surface area (Å²) in [5.74, 6) is -1.85. The smallest absolute Gasteiger partial charge is 0.337 e. The van der Waals surface area contributed by atoms with Gasteiger partial charge >= 0.3 is 5.97 Å². The fourth-order valence-corrected chi connectivity index (χ4v) is 4.02. The van der Waals surface area contributed by atoms with Crippen molar-refractivity contribution in [1.82, 2.24) is 0 Å². The summed E-state index contributed by atoms with van der Waals surface area (Å²) in [4.78, 5) is 50.2. The second kappa shape index (κ2) is 9.00. The molecule has 0 bridgehead atoms. The number of ether oxygens (including phenoxy) is 1. The Bertz CT molecular complexity index is 1020. The molecule has 0 saturated carbocycles. The van der Waals surface area contributed by atoms with Crippen molar-refractivity contribution in [3.63, 3.8) is 0 Å². The van der Waals surface area contributed by atoms with Crippen LogP contribution in [0.2, 0.25) is 0 Å². The summed E-state index contributed by atoms with van der Waals surface area (Å²) >= 11 is 0.761. The van der Waals surface area contributed by atoms with Crippen LogP contribution in [0.15, 0.2) is 42.5 Å². The Hall–Kier alpha value is -3.33. The van der Waals surface area contributed by atoms with Crippen molar-refractivity contribution in [3.8, 4) is 5.75 Å². The number of aromatic carboxylic acids is 1. The molecule has 1 heterocycles. The number of hydrogen-bond acceptors (Lipinski definition) is 6. The standard InChI is InChI=1S/C21H20N2O6S/c1-3-29-16-7-5-4-6-15(16)23-19(25)17(30-21(23)28)11-18(24)22-14-10-12(2)8-9-13(14)20(26)27/h4-10,17H,3,11H2,1-2H3,(H,22,24)(H,26,27). The van der Waals surface area contributed by atoms with Crippen LogP contribution >= 0.6 is 11.8 Å². The van der Waals surface area contributed by atoms with Crippen molar-refractivity contribution < 1.29 is 29.0 Å². The summed E-state index contributed by atoms with van der Waals surface area (Å²) in [6, 6.07) is 11.3. The van der Waals surface area contributed by atoms with E-state index in [2.05, 4.69) is 5.32 Å². The first-order valence-electron chi connectivity index (χ1n) is 9.22. The number of hydrogen-bond donors (Lipinski definition) is 2. The molecule has 3 amide bonds. The number of para-hydroxylation sites is 2. The molecule has 1 aliphatic rings. The SMILES string of the molecule is CCOc1ccccc1N1C(=O)SC(CC(=O)Nc2cc(C)ccc2C(=O)O)C1=O. The van der Waals surface area contributed by atoms with Gasteiger partial charge in [-0.1, -0.05) is 18.2 Å². The molecule has 0 radical (unpaired) electrons. The number of imide groups is 1. The van der Waals surface area contributed by atoms with Crippen LogP contribution in [0.25, 0.3) is 0 Å². The van der Waals surface area contributed by atoms with Gasteiger partial charge in [0.25, 0.3) is 5.24 Å². The summed E-state index contributed by atoms with van der Waals surface area (Å²) in [6.07, 6.45) is -0.268. The van der Waals surface area contributed by atoms with E-state index in [4.69, 9.17) is 4.74 Å². The van der Waals surface area contributed by atoms with Crippen LogP contribution in [0.4, 0.5) is 16.2 Å². The van der Waals surface area contributed by atoms with Crippen LogP contribution in [0, 0.1) is 6.92 Å². The second-order valence-electron chi connectivity index (χ2n) is 6.55. The van der Waals surface area contributed by atoms with Crippen molar-refractivity contribution in [1.29, 1.82) is 0 Å². The summed E-state index contributed by atoms with van der Waals surface area (Å²) in [5.41, 5.74) is 1.20. The topological polar surface area (TPSA) is 113 Å². The van der Waals surface area contributed by atoms with Crippen molar-refractivity contribution in [2.45, 2.75) is 25.5 Å². The molecular weight excluding hydrogens is 408 g/mol. The summed E-state index contributed by atoms with van der Waals surface area (Å²) in [6.45, 7) is 3.93. The van der Waals surface area contributed by atoms with Crippen LogP contribution in [-0.2, 0) is 9.59 Å². The van der Waals surface area contributed by atoms with Crippen molar-refractivity contribution in [2.24, 2.45) is 0 Å². The van der Waals surface area contributed by atoms with E-state index in [1.54, 1.807) is 50.2 Å². The lowest BCUT2D eigenvalue weighted by Crippen LogP contribution is -2.33. The number of aryl methyl sites for hydroxylation is 1. The van der Waals surface area contributed by atoms with Gasteiger partial charge < -0.3 is 15.2 Å². The number of carboxylic acid groups (broad SMARTS) is 1. The maximum atomic E-state index is 12.8. The lowest BCUT2D eigenvalue weighted by atomic mass is 10.1. The number of carbonyl (C=O) groups excluding carboxylic acids is 3. The first-order chi connectivity index (χ1) is 14.3. The Morgan fingerprint density at radius 1 is 1.20 bits per heavy atom. The first-order valence-corrected chi connectivity index (χ1v) is 10.1. The van der Waals surface area contributed by atoms with E-state index in [9.17, 15) is 24.3 Å². The monoisotopic (exact) mass is 428 g/mol. The van der Waals surface area contributed by atoms with Gasteiger partial charge in [-0.25, -0.2) is 9.69 Å². The molecule has 8 nitrogen and oxygen atoms in total. The number of benzene rings is 2. The molecule has 1 atom stereocenters. The van der Waals surface area contributed by atoms with Crippen LogP contribution in [0.3, 0.4) is 0 Å². The van der Waals surface area contributed by atoms with Gasteiger partial charge in [0.2, 0.25) is 11.8 Å². The second-order valence-corrected chi connectivity index (χ2v) is 7.71. The molecule has 2 N–H and O–H groups in total. The van der Waals surface area contributed by atoms with Gasteiger partial charge in [0, 0.05) is 6.42 Å². The number of anilines is 2. The zero-order valence-corrected chi connectivity index (χ0v) is 17.2. The molecule has 3 rings (SSSR count). The van der Waals surface area contributed by atoms with Crippen LogP contribution in [-0.4, -0.2) is 40.0 Å². The highest BCUT2D eigenvalue weighted by atomic mass is 32.2. The number of nitrogens with one attached hydrogen (secondary N) is 1.